The van der Waals surface area contributed by atoms with E-state index in [-0.39, 0.29) is 17.0 Å². The van der Waals surface area contributed by atoms with Crippen LogP contribution in [0, 0.1) is 0 Å². The fourth-order valence-corrected chi connectivity index (χ4v) is 2.89. The lowest BCUT2D eigenvalue weighted by molar-refractivity contribution is 0.0985. The van der Waals surface area contributed by atoms with Gasteiger partial charge < -0.3 is 14.2 Å². The lowest BCUT2D eigenvalue weighted by Gasteiger charge is -2.21. The van der Waals surface area contributed by atoms with Gasteiger partial charge in [-0.3, -0.25) is 4.79 Å². The van der Waals surface area contributed by atoms with Crippen LogP contribution in [-0.2, 0) is 5.41 Å². The molecule has 0 radical (unpaired) electrons. The molecule has 28 heavy (non-hydrogen) atoms. The van der Waals surface area contributed by atoms with E-state index in [0.29, 0.717) is 28.7 Å². The van der Waals surface area contributed by atoms with Gasteiger partial charge in [0.2, 0.25) is 5.78 Å². The molecule has 0 N–H and O–H groups in total. The van der Waals surface area contributed by atoms with E-state index >= 15 is 0 Å². The van der Waals surface area contributed by atoms with Crippen LogP contribution in [0.25, 0.3) is 0 Å². The second-order valence-electron chi connectivity index (χ2n) is 8.08. The smallest absolute Gasteiger partial charge is 0.227 e. The quantitative estimate of drug-likeness (QED) is 0.340. The van der Waals surface area contributed by atoms with Gasteiger partial charge in [-0.15, -0.1) is 0 Å². The fraction of sp³-hybridized carbons (Fsp3) is 0.375. The van der Waals surface area contributed by atoms with E-state index in [0.717, 1.165) is 11.1 Å². The van der Waals surface area contributed by atoms with Gasteiger partial charge in [-0.05, 0) is 40.7 Å². The Morgan fingerprint density at radius 2 is 1.57 bits per heavy atom. The topological polar surface area (TPSA) is 44.8 Å². The maximum Gasteiger partial charge on any atom is 0.227 e. The van der Waals surface area contributed by atoms with E-state index in [1.165, 1.54) is 0 Å². The molecule has 4 nitrogen and oxygen atoms in total. The van der Waals surface area contributed by atoms with Crippen LogP contribution in [0.4, 0.5) is 0 Å². The van der Waals surface area contributed by atoms with Crippen molar-refractivity contribution in [3.05, 3.63) is 65.4 Å². The Labute approximate surface area is 168 Å². The molecule has 0 amide bonds. The van der Waals surface area contributed by atoms with Crippen LogP contribution in [0.3, 0.4) is 0 Å². The molecule has 2 aromatic carbocycles. The maximum atomic E-state index is 12.8. The van der Waals surface area contributed by atoms with Crippen molar-refractivity contribution in [2.75, 3.05) is 14.2 Å². The second kappa shape index (κ2) is 8.51. The molecule has 0 fully saturated rings. The normalized spacial score (nSPS) is 11.3. The van der Waals surface area contributed by atoms with Gasteiger partial charge in [-0.1, -0.05) is 59.4 Å². The third kappa shape index (κ3) is 4.75. The lowest BCUT2D eigenvalue weighted by Crippen LogP contribution is -2.12. The van der Waals surface area contributed by atoms with E-state index in [2.05, 4.69) is 41.2 Å². The van der Waals surface area contributed by atoms with Crippen molar-refractivity contribution in [3.63, 3.8) is 0 Å². The number of rotatable bonds is 7. The summed E-state index contributed by atoms with van der Waals surface area (Å²) in [5.74, 6) is 1.73. The number of benzene rings is 2. The van der Waals surface area contributed by atoms with Crippen LogP contribution in [0.1, 0.15) is 62.0 Å². The van der Waals surface area contributed by atoms with Gasteiger partial charge in [-0.2, -0.15) is 0 Å². The van der Waals surface area contributed by atoms with Gasteiger partial charge >= 0.3 is 0 Å². The first-order chi connectivity index (χ1) is 13.1. The molecule has 0 spiro atoms. The Bertz CT molecular complexity index is 873. The molecule has 0 atom stereocenters. The third-order valence-electron chi connectivity index (χ3n) is 4.63. The molecule has 0 bridgehead atoms. The van der Waals surface area contributed by atoms with E-state index < -0.39 is 0 Å². The number of carbonyl (C=O) groups excluding carboxylic acids is 1. The SMILES string of the molecule is C=C(Oc1ccc(C(C)(C)C)cc1OC)C(=O)c1ccc(C(C)C)c(OC)c1. The van der Waals surface area contributed by atoms with Gasteiger partial charge in [0, 0.05) is 5.56 Å². The zero-order valence-corrected chi connectivity index (χ0v) is 17.9. The minimum atomic E-state index is -0.296. The van der Waals surface area contributed by atoms with Crippen molar-refractivity contribution in [1.82, 2.24) is 0 Å². The number of ether oxygens (including phenoxy) is 3. The number of Topliss-reactive ketones (excluding diaryl/α,β-unsaturated/α-hetero) is 1. The Morgan fingerprint density at radius 1 is 0.929 bits per heavy atom. The Hall–Kier alpha value is -2.75. The molecule has 0 aromatic heterocycles. The highest BCUT2D eigenvalue weighted by atomic mass is 16.5. The van der Waals surface area contributed by atoms with Gasteiger partial charge in [0.05, 0.1) is 14.2 Å². The molecule has 4 heteroatoms. The van der Waals surface area contributed by atoms with Crippen molar-refractivity contribution in [2.24, 2.45) is 0 Å². The molecule has 0 saturated carbocycles. The van der Waals surface area contributed by atoms with Crippen molar-refractivity contribution in [1.29, 1.82) is 0 Å². The summed E-state index contributed by atoms with van der Waals surface area (Å²) in [5, 5.41) is 0. The first kappa shape index (κ1) is 21.5. The van der Waals surface area contributed by atoms with Gasteiger partial charge in [0.1, 0.15) is 5.75 Å². The van der Waals surface area contributed by atoms with Crippen LogP contribution in [0.15, 0.2) is 48.7 Å². The van der Waals surface area contributed by atoms with Crippen LogP contribution < -0.4 is 14.2 Å². The number of hydrogen-bond donors (Lipinski definition) is 0. The summed E-state index contributed by atoms with van der Waals surface area (Å²) < 4.78 is 16.6. The van der Waals surface area contributed by atoms with Crippen molar-refractivity contribution < 1.29 is 19.0 Å². The van der Waals surface area contributed by atoms with Crippen LogP contribution in [0.5, 0.6) is 17.2 Å². The average Bonchev–Trinajstić information content (AvgIpc) is 2.65. The number of ketones is 1. The summed E-state index contributed by atoms with van der Waals surface area (Å²) in [6.45, 7) is 14.3. The highest BCUT2D eigenvalue weighted by Gasteiger charge is 2.20. The van der Waals surface area contributed by atoms with Crippen molar-refractivity contribution in [2.45, 2.75) is 46.0 Å². The summed E-state index contributed by atoms with van der Waals surface area (Å²) in [4.78, 5) is 12.8. The highest BCUT2D eigenvalue weighted by molar-refractivity contribution is 6.07. The summed E-state index contributed by atoms with van der Waals surface area (Å²) in [6, 6.07) is 11.1. The minimum Gasteiger partial charge on any atom is -0.496 e. The van der Waals surface area contributed by atoms with E-state index in [9.17, 15) is 4.79 Å². The predicted octanol–water partition coefficient (Wildman–Crippen LogP) is 5.90. The molecule has 0 heterocycles. The second-order valence-corrected chi connectivity index (χ2v) is 8.08. The fourth-order valence-electron chi connectivity index (χ4n) is 2.89. The molecular weight excluding hydrogens is 352 g/mol. The van der Waals surface area contributed by atoms with Crippen LogP contribution in [-0.4, -0.2) is 20.0 Å². The first-order valence-electron chi connectivity index (χ1n) is 9.36. The van der Waals surface area contributed by atoms with E-state index in [4.69, 9.17) is 14.2 Å². The standard InChI is InChI=1S/C24H30O4/c1-15(2)19-11-9-17(13-21(19)26-7)23(25)16(3)28-20-12-10-18(24(4,5)6)14-22(20)27-8/h9-15H,3H2,1-2,4-8H3. The van der Waals surface area contributed by atoms with E-state index in [1.807, 2.05) is 18.2 Å². The molecule has 150 valence electrons. The molecule has 0 aliphatic rings. The van der Waals surface area contributed by atoms with Gasteiger partial charge in [0.25, 0.3) is 0 Å². The minimum absolute atomic E-state index is 0.0205. The number of methoxy groups -OCH3 is 2. The molecule has 2 rings (SSSR count). The summed E-state index contributed by atoms with van der Waals surface area (Å²) in [7, 11) is 3.18. The van der Waals surface area contributed by atoms with Crippen LogP contribution in [0.2, 0.25) is 0 Å². The number of carbonyl (C=O) groups is 1. The monoisotopic (exact) mass is 382 g/mol. The number of allylic oxidation sites excluding steroid dienone is 1. The van der Waals surface area contributed by atoms with Gasteiger partial charge in [-0.25, -0.2) is 0 Å². The molecule has 0 saturated heterocycles. The highest BCUT2D eigenvalue weighted by Crippen LogP contribution is 2.34. The maximum absolute atomic E-state index is 12.8. The Morgan fingerprint density at radius 3 is 2.11 bits per heavy atom. The first-order valence-corrected chi connectivity index (χ1v) is 9.36. The molecule has 0 unspecified atom stereocenters. The summed E-state index contributed by atoms with van der Waals surface area (Å²) in [5.41, 5.74) is 2.61. The molecule has 0 aliphatic heterocycles. The summed E-state index contributed by atoms with van der Waals surface area (Å²) >= 11 is 0. The number of hydrogen-bond acceptors (Lipinski definition) is 4. The van der Waals surface area contributed by atoms with E-state index in [1.54, 1.807) is 32.4 Å². The molecular formula is C24H30O4. The summed E-state index contributed by atoms with van der Waals surface area (Å²) in [6.07, 6.45) is 0. The molecule has 0 aliphatic carbocycles. The largest absolute Gasteiger partial charge is 0.496 e. The van der Waals surface area contributed by atoms with Gasteiger partial charge in [0.15, 0.2) is 17.3 Å². The zero-order chi connectivity index (χ0) is 21.1. The van der Waals surface area contributed by atoms with Crippen LogP contribution >= 0.6 is 0 Å². The predicted molar refractivity (Wildman–Crippen MR) is 113 cm³/mol. The third-order valence-corrected chi connectivity index (χ3v) is 4.63. The average molecular weight is 383 g/mol. The van der Waals surface area contributed by atoms with Crippen molar-refractivity contribution in [3.8, 4) is 17.2 Å². The Kier molecular flexibility index (Phi) is 6.55. The lowest BCUT2D eigenvalue weighted by atomic mass is 9.87. The zero-order valence-electron chi connectivity index (χ0n) is 17.9. The molecule has 2 aromatic rings. The Balaban J connectivity index is 2.27. The van der Waals surface area contributed by atoms with Crippen molar-refractivity contribution >= 4 is 5.78 Å².